The Bertz CT molecular complexity index is 182. The number of hydrogen-bond donors (Lipinski definition) is 0. The first-order valence-electron chi connectivity index (χ1n) is 3.12. The summed E-state index contributed by atoms with van der Waals surface area (Å²) in [6, 6.07) is 0. The summed E-state index contributed by atoms with van der Waals surface area (Å²) >= 11 is -0.406. The average Bonchev–Trinajstić information content (AvgIpc) is 1.85. The number of allylic oxidation sites excluding steroid dienone is 2. The number of hydrogen-bond acceptors (Lipinski definition) is 2. The predicted octanol–water partition coefficient (Wildman–Crippen LogP) is 0.896. The van der Waals surface area contributed by atoms with Crippen molar-refractivity contribution in [2.24, 2.45) is 0 Å². The third-order valence-electron chi connectivity index (χ3n) is 0.763. The SMILES string of the molecule is CC(=O)/C=C\[Te]/C=C/C(C)=O. The van der Waals surface area contributed by atoms with Crippen molar-refractivity contribution in [3.05, 3.63) is 20.4 Å². The van der Waals surface area contributed by atoms with E-state index in [-0.39, 0.29) is 11.6 Å². The van der Waals surface area contributed by atoms with Crippen molar-refractivity contribution in [1.82, 2.24) is 0 Å². The van der Waals surface area contributed by atoms with E-state index in [4.69, 9.17) is 0 Å². The van der Waals surface area contributed by atoms with Crippen LogP contribution in [-0.2, 0) is 9.59 Å². The molecule has 11 heavy (non-hydrogen) atoms. The molecular formula is C8H10O2Te. The molecule has 3 heteroatoms. The molecule has 0 aliphatic heterocycles. The number of rotatable bonds is 4. The van der Waals surface area contributed by atoms with Crippen LogP contribution in [0.3, 0.4) is 0 Å². The van der Waals surface area contributed by atoms with Crippen LogP contribution in [0.1, 0.15) is 13.8 Å². The Labute approximate surface area is 76.4 Å². The van der Waals surface area contributed by atoms with Gasteiger partial charge in [-0.1, -0.05) is 0 Å². The van der Waals surface area contributed by atoms with E-state index < -0.39 is 20.9 Å². The van der Waals surface area contributed by atoms with Gasteiger partial charge in [-0.3, -0.25) is 0 Å². The Morgan fingerprint density at radius 1 is 1.00 bits per heavy atom. The van der Waals surface area contributed by atoms with Gasteiger partial charge in [0.1, 0.15) is 0 Å². The van der Waals surface area contributed by atoms with Crippen LogP contribution in [0, 0.1) is 0 Å². The first kappa shape index (κ1) is 10.6. The van der Waals surface area contributed by atoms with Crippen LogP contribution in [0.5, 0.6) is 0 Å². The van der Waals surface area contributed by atoms with Gasteiger partial charge in [0.25, 0.3) is 0 Å². The summed E-state index contributed by atoms with van der Waals surface area (Å²) in [5.74, 6) is 0.123. The average molecular weight is 266 g/mol. The summed E-state index contributed by atoms with van der Waals surface area (Å²) in [6.07, 6.45) is 3.10. The maximum atomic E-state index is 10.4. The first-order chi connectivity index (χ1) is 5.13. The molecule has 0 spiro atoms. The van der Waals surface area contributed by atoms with Crippen molar-refractivity contribution in [3.8, 4) is 0 Å². The molecule has 0 atom stereocenters. The monoisotopic (exact) mass is 268 g/mol. The van der Waals surface area contributed by atoms with Crippen LogP contribution in [0.4, 0.5) is 0 Å². The summed E-state index contributed by atoms with van der Waals surface area (Å²) < 4.78 is 3.71. The molecule has 0 aromatic carbocycles. The molecule has 0 aromatic rings. The van der Waals surface area contributed by atoms with E-state index in [1.165, 1.54) is 13.8 Å². The summed E-state index contributed by atoms with van der Waals surface area (Å²) in [7, 11) is 0. The topological polar surface area (TPSA) is 34.1 Å². The van der Waals surface area contributed by atoms with Gasteiger partial charge in [0, 0.05) is 0 Å². The summed E-state index contributed by atoms with van der Waals surface area (Å²) in [6.45, 7) is 3.02. The summed E-state index contributed by atoms with van der Waals surface area (Å²) in [5, 5.41) is 0. The second kappa shape index (κ2) is 6.33. The number of ketones is 2. The van der Waals surface area contributed by atoms with E-state index in [1.54, 1.807) is 12.2 Å². The van der Waals surface area contributed by atoms with Crippen molar-refractivity contribution < 1.29 is 9.59 Å². The predicted molar refractivity (Wildman–Crippen MR) is 45.4 cm³/mol. The van der Waals surface area contributed by atoms with Crippen molar-refractivity contribution in [3.63, 3.8) is 0 Å². The Morgan fingerprint density at radius 3 is 1.64 bits per heavy atom. The van der Waals surface area contributed by atoms with E-state index in [0.29, 0.717) is 0 Å². The zero-order chi connectivity index (χ0) is 8.69. The van der Waals surface area contributed by atoms with Gasteiger partial charge in [-0.2, -0.15) is 0 Å². The van der Waals surface area contributed by atoms with E-state index in [2.05, 4.69) is 0 Å². The molecule has 0 radical (unpaired) electrons. The van der Waals surface area contributed by atoms with E-state index in [9.17, 15) is 9.59 Å². The molecule has 0 amide bonds. The maximum absolute atomic E-state index is 10.4. The molecular weight excluding hydrogens is 256 g/mol. The standard InChI is InChI=1S/C8H10O2Te/c1-7(9)3-5-11-6-4-8(2)10/h3-6H,1-2H3/b5-3-,6-4+. The Hall–Kier alpha value is -0.390. The number of carbonyl (C=O) groups is 2. The molecule has 0 aliphatic carbocycles. The van der Waals surface area contributed by atoms with Gasteiger partial charge in [0.15, 0.2) is 0 Å². The molecule has 0 saturated heterocycles. The molecule has 2 nitrogen and oxygen atoms in total. The first-order valence-corrected chi connectivity index (χ1v) is 5.81. The van der Waals surface area contributed by atoms with Crippen LogP contribution in [-0.4, -0.2) is 32.5 Å². The minimum atomic E-state index is -0.406. The molecule has 0 rings (SSSR count). The van der Waals surface area contributed by atoms with Crippen molar-refractivity contribution in [2.75, 3.05) is 0 Å². The van der Waals surface area contributed by atoms with Crippen LogP contribution in [0.2, 0.25) is 0 Å². The van der Waals surface area contributed by atoms with Gasteiger partial charge in [-0.15, -0.1) is 0 Å². The van der Waals surface area contributed by atoms with Crippen LogP contribution < -0.4 is 0 Å². The van der Waals surface area contributed by atoms with Crippen molar-refractivity contribution in [1.29, 1.82) is 0 Å². The Morgan fingerprint density at radius 2 is 1.36 bits per heavy atom. The fourth-order valence-corrected chi connectivity index (χ4v) is 2.12. The number of carbonyl (C=O) groups excluding carboxylic acids is 2. The van der Waals surface area contributed by atoms with Gasteiger partial charge in [0.2, 0.25) is 0 Å². The van der Waals surface area contributed by atoms with Gasteiger partial charge < -0.3 is 0 Å². The van der Waals surface area contributed by atoms with Gasteiger partial charge in [-0.25, -0.2) is 0 Å². The summed E-state index contributed by atoms with van der Waals surface area (Å²) in [5.41, 5.74) is 0. The molecule has 0 aliphatic rings. The second-order valence-electron chi connectivity index (χ2n) is 1.96. The van der Waals surface area contributed by atoms with Crippen LogP contribution in [0.15, 0.2) is 20.4 Å². The fraction of sp³-hybridized carbons (Fsp3) is 0.250. The zero-order valence-electron chi connectivity index (χ0n) is 6.53. The van der Waals surface area contributed by atoms with Gasteiger partial charge in [0.05, 0.1) is 0 Å². The molecule has 0 heterocycles. The molecule has 0 fully saturated rings. The van der Waals surface area contributed by atoms with Crippen molar-refractivity contribution in [2.45, 2.75) is 13.8 Å². The third-order valence-corrected chi connectivity index (χ3v) is 2.44. The van der Waals surface area contributed by atoms with Crippen molar-refractivity contribution >= 4 is 32.5 Å². The molecule has 0 unspecified atom stereocenters. The minimum absolute atomic E-state index is 0.0614. The zero-order valence-corrected chi connectivity index (χ0v) is 8.86. The second-order valence-corrected chi connectivity index (χ2v) is 4.29. The molecule has 0 saturated carbocycles. The van der Waals surface area contributed by atoms with Crippen LogP contribution >= 0.6 is 0 Å². The summed E-state index contributed by atoms with van der Waals surface area (Å²) in [4.78, 5) is 20.8. The quantitative estimate of drug-likeness (QED) is 0.559. The molecule has 60 valence electrons. The molecule has 0 N–H and O–H groups in total. The van der Waals surface area contributed by atoms with Gasteiger partial charge in [-0.05, 0) is 0 Å². The van der Waals surface area contributed by atoms with E-state index >= 15 is 0 Å². The van der Waals surface area contributed by atoms with E-state index in [0.717, 1.165) is 0 Å². The van der Waals surface area contributed by atoms with Gasteiger partial charge >= 0.3 is 76.3 Å². The van der Waals surface area contributed by atoms with Crippen LogP contribution in [0.25, 0.3) is 0 Å². The third kappa shape index (κ3) is 9.61. The Kier molecular flexibility index (Phi) is 6.10. The molecule has 0 aromatic heterocycles. The van der Waals surface area contributed by atoms with E-state index in [1.807, 2.05) is 8.25 Å². The Balaban J connectivity index is 3.57. The molecule has 0 bridgehead atoms. The normalized spacial score (nSPS) is 11.1. The fourth-order valence-electron chi connectivity index (χ4n) is 0.316.